The number of aromatic nitrogens is 3. The van der Waals surface area contributed by atoms with Gasteiger partial charge in [-0.15, -0.1) is 5.10 Å². The van der Waals surface area contributed by atoms with Gasteiger partial charge in [0, 0.05) is 31.9 Å². The van der Waals surface area contributed by atoms with Crippen LogP contribution >= 0.6 is 0 Å². The number of pyridine rings is 1. The maximum absolute atomic E-state index is 12.3. The lowest BCUT2D eigenvalue weighted by molar-refractivity contribution is -0.384. The van der Waals surface area contributed by atoms with Gasteiger partial charge >= 0.3 is 5.69 Å². The molecule has 128 valence electrons. The number of carbonyl (C=O) groups is 1. The van der Waals surface area contributed by atoms with Crippen molar-refractivity contribution in [1.82, 2.24) is 19.1 Å². The number of hydrogen-bond acceptors (Lipinski definition) is 5. The SMILES string of the molecule is CN(Cc1cccc([N+](=O)[O-])c1)C(=O)Cn1nc2ccccn2c1=O. The van der Waals surface area contributed by atoms with Crippen LogP contribution in [0.5, 0.6) is 0 Å². The van der Waals surface area contributed by atoms with Gasteiger partial charge in [-0.1, -0.05) is 18.2 Å². The van der Waals surface area contributed by atoms with Crippen LogP contribution < -0.4 is 5.69 Å². The van der Waals surface area contributed by atoms with E-state index in [1.54, 1.807) is 43.6 Å². The summed E-state index contributed by atoms with van der Waals surface area (Å²) in [5.74, 6) is -0.322. The number of non-ortho nitro benzene ring substituents is 1. The second-order valence-corrected chi connectivity index (χ2v) is 5.55. The van der Waals surface area contributed by atoms with E-state index < -0.39 is 10.6 Å². The van der Waals surface area contributed by atoms with Gasteiger partial charge < -0.3 is 4.90 Å². The molecule has 9 nitrogen and oxygen atoms in total. The van der Waals surface area contributed by atoms with Crippen LogP contribution in [0.25, 0.3) is 5.65 Å². The van der Waals surface area contributed by atoms with Gasteiger partial charge in [0.15, 0.2) is 5.65 Å². The molecule has 0 fully saturated rings. The number of nitro benzene ring substituents is 1. The molecule has 0 spiro atoms. The molecule has 0 radical (unpaired) electrons. The third-order valence-electron chi connectivity index (χ3n) is 3.74. The van der Waals surface area contributed by atoms with Gasteiger partial charge in [-0.05, 0) is 17.7 Å². The molecule has 0 atom stereocenters. The lowest BCUT2D eigenvalue weighted by atomic mass is 10.2. The summed E-state index contributed by atoms with van der Waals surface area (Å²) in [4.78, 5) is 36.3. The van der Waals surface area contributed by atoms with E-state index >= 15 is 0 Å². The summed E-state index contributed by atoms with van der Waals surface area (Å²) in [6.07, 6.45) is 1.58. The summed E-state index contributed by atoms with van der Waals surface area (Å²) in [7, 11) is 1.57. The van der Waals surface area contributed by atoms with Gasteiger partial charge in [0.2, 0.25) is 5.91 Å². The first-order valence-electron chi connectivity index (χ1n) is 7.47. The average molecular weight is 341 g/mol. The minimum atomic E-state index is -0.485. The summed E-state index contributed by atoms with van der Waals surface area (Å²) < 4.78 is 2.45. The molecule has 0 aliphatic rings. The van der Waals surface area contributed by atoms with Crippen molar-refractivity contribution in [2.24, 2.45) is 0 Å². The van der Waals surface area contributed by atoms with E-state index in [0.717, 1.165) is 4.68 Å². The van der Waals surface area contributed by atoms with Crippen LogP contribution in [-0.2, 0) is 17.9 Å². The molecule has 1 aromatic carbocycles. The van der Waals surface area contributed by atoms with Gasteiger partial charge in [-0.2, -0.15) is 0 Å². The third-order valence-corrected chi connectivity index (χ3v) is 3.74. The zero-order valence-corrected chi connectivity index (χ0v) is 13.4. The highest BCUT2D eigenvalue weighted by Crippen LogP contribution is 2.14. The van der Waals surface area contributed by atoms with Crippen molar-refractivity contribution in [2.45, 2.75) is 13.1 Å². The molecule has 25 heavy (non-hydrogen) atoms. The lowest BCUT2D eigenvalue weighted by Gasteiger charge is -2.16. The zero-order chi connectivity index (χ0) is 18.0. The third kappa shape index (κ3) is 3.39. The average Bonchev–Trinajstić information content (AvgIpc) is 2.91. The Morgan fingerprint density at radius 2 is 2.08 bits per heavy atom. The van der Waals surface area contributed by atoms with Crippen LogP contribution in [0.3, 0.4) is 0 Å². The van der Waals surface area contributed by atoms with E-state index in [-0.39, 0.29) is 24.7 Å². The number of carbonyl (C=O) groups excluding carboxylic acids is 1. The van der Waals surface area contributed by atoms with Crippen molar-refractivity contribution in [2.75, 3.05) is 7.05 Å². The molecule has 3 rings (SSSR count). The first-order valence-corrected chi connectivity index (χ1v) is 7.47. The Hall–Kier alpha value is -3.49. The largest absolute Gasteiger partial charge is 0.350 e. The fraction of sp³-hybridized carbons (Fsp3) is 0.188. The van der Waals surface area contributed by atoms with Crippen molar-refractivity contribution < 1.29 is 9.72 Å². The van der Waals surface area contributed by atoms with Crippen LogP contribution in [0.15, 0.2) is 53.5 Å². The Bertz CT molecular complexity index is 1010. The number of benzene rings is 1. The second-order valence-electron chi connectivity index (χ2n) is 5.55. The Kier molecular flexibility index (Phi) is 4.29. The molecule has 0 aliphatic heterocycles. The molecule has 3 aromatic rings. The van der Waals surface area contributed by atoms with Crippen molar-refractivity contribution in [3.8, 4) is 0 Å². The summed E-state index contributed by atoms with van der Waals surface area (Å²) in [6.45, 7) is -0.00538. The molecule has 2 aromatic heterocycles. The summed E-state index contributed by atoms with van der Waals surface area (Å²) in [6, 6.07) is 11.2. The van der Waals surface area contributed by atoms with Gasteiger partial charge in [0.25, 0.3) is 5.69 Å². The summed E-state index contributed by atoms with van der Waals surface area (Å²) >= 11 is 0. The number of likely N-dealkylation sites (N-methyl/N-ethyl adjacent to an activating group) is 1. The van der Waals surface area contributed by atoms with Gasteiger partial charge in [0.1, 0.15) is 6.54 Å². The van der Waals surface area contributed by atoms with Gasteiger partial charge in [-0.3, -0.25) is 19.3 Å². The highest BCUT2D eigenvalue weighted by Gasteiger charge is 2.15. The zero-order valence-electron chi connectivity index (χ0n) is 13.4. The number of nitrogens with zero attached hydrogens (tertiary/aromatic N) is 5. The van der Waals surface area contributed by atoms with Gasteiger partial charge in [-0.25, -0.2) is 9.48 Å². The van der Waals surface area contributed by atoms with Gasteiger partial charge in [0.05, 0.1) is 4.92 Å². The number of hydrogen-bond donors (Lipinski definition) is 0. The van der Waals surface area contributed by atoms with Crippen LogP contribution in [0.4, 0.5) is 5.69 Å². The minimum Gasteiger partial charge on any atom is -0.340 e. The fourth-order valence-electron chi connectivity index (χ4n) is 2.45. The first kappa shape index (κ1) is 16.4. The number of rotatable bonds is 5. The number of amides is 1. The lowest BCUT2D eigenvalue weighted by Crippen LogP contribution is -2.34. The highest BCUT2D eigenvalue weighted by atomic mass is 16.6. The van der Waals surface area contributed by atoms with E-state index in [9.17, 15) is 19.7 Å². The van der Waals surface area contributed by atoms with E-state index in [0.29, 0.717) is 11.2 Å². The molecule has 0 unspecified atom stereocenters. The van der Waals surface area contributed by atoms with Crippen molar-refractivity contribution in [3.05, 3.63) is 74.8 Å². The molecule has 2 heterocycles. The summed E-state index contributed by atoms with van der Waals surface area (Å²) in [5, 5.41) is 14.9. The Morgan fingerprint density at radius 1 is 1.28 bits per heavy atom. The maximum atomic E-state index is 12.3. The Morgan fingerprint density at radius 3 is 2.80 bits per heavy atom. The van der Waals surface area contributed by atoms with Crippen molar-refractivity contribution in [3.63, 3.8) is 0 Å². The van der Waals surface area contributed by atoms with Crippen LogP contribution in [0.1, 0.15) is 5.56 Å². The predicted octanol–water partition coefficient (Wildman–Crippen LogP) is 1.06. The van der Waals surface area contributed by atoms with Crippen LogP contribution in [0, 0.1) is 10.1 Å². The number of fused-ring (bicyclic) bond motifs is 1. The van der Waals surface area contributed by atoms with Crippen LogP contribution in [-0.4, -0.2) is 37.0 Å². The molecule has 9 heteroatoms. The van der Waals surface area contributed by atoms with E-state index in [2.05, 4.69) is 5.10 Å². The Labute approximate surface area is 141 Å². The summed E-state index contributed by atoms with van der Waals surface area (Å²) in [5.41, 5.74) is 0.664. The molecular weight excluding hydrogens is 326 g/mol. The molecular formula is C16H15N5O4. The molecule has 0 saturated heterocycles. The van der Waals surface area contributed by atoms with Crippen LogP contribution in [0.2, 0.25) is 0 Å². The number of nitro groups is 1. The van der Waals surface area contributed by atoms with E-state index in [1.807, 2.05) is 0 Å². The smallest absolute Gasteiger partial charge is 0.340 e. The molecule has 0 aliphatic carbocycles. The maximum Gasteiger partial charge on any atom is 0.350 e. The normalized spacial score (nSPS) is 10.8. The molecule has 0 bridgehead atoms. The molecule has 0 N–H and O–H groups in total. The fourth-order valence-corrected chi connectivity index (χ4v) is 2.45. The van der Waals surface area contributed by atoms with Crippen molar-refractivity contribution in [1.29, 1.82) is 0 Å². The Balaban J connectivity index is 1.74. The highest BCUT2D eigenvalue weighted by molar-refractivity contribution is 5.75. The predicted molar refractivity (Wildman–Crippen MR) is 89.0 cm³/mol. The monoisotopic (exact) mass is 341 g/mol. The quantitative estimate of drug-likeness (QED) is 0.510. The van der Waals surface area contributed by atoms with Crippen molar-refractivity contribution >= 4 is 17.2 Å². The second kappa shape index (κ2) is 6.56. The molecule has 1 amide bonds. The van der Waals surface area contributed by atoms with E-state index in [1.165, 1.54) is 21.4 Å². The van der Waals surface area contributed by atoms with E-state index in [4.69, 9.17) is 0 Å². The molecule has 0 saturated carbocycles. The minimum absolute atomic E-state index is 0.0325. The standard InChI is InChI=1S/C16H15N5O4/c1-18(10-12-5-4-6-13(9-12)21(24)25)15(22)11-20-16(23)19-8-3-2-7-14(19)17-20/h2-9H,10-11H2,1H3. The topological polar surface area (TPSA) is 103 Å². The first-order chi connectivity index (χ1) is 12.0.